The van der Waals surface area contributed by atoms with Gasteiger partial charge in [-0.1, -0.05) is 27.5 Å². The lowest BCUT2D eigenvalue weighted by atomic mass is 9.89. The number of amides is 1. The molecule has 104 valence electrons. The fourth-order valence-corrected chi connectivity index (χ4v) is 3.04. The van der Waals surface area contributed by atoms with Crippen molar-refractivity contribution in [2.24, 2.45) is 0 Å². The SMILES string of the molecule is CNC1(C)CCN(C(=O)c2ccc(Br)cc2Cl)CC1. The zero-order valence-corrected chi connectivity index (χ0v) is 13.5. The van der Waals surface area contributed by atoms with Crippen LogP contribution in [0.4, 0.5) is 0 Å². The Morgan fingerprint density at radius 2 is 2.05 bits per heavy atom. The summed E-state index contributed by atoms with van der Waals surface area (Å²) in [6, 6.07) is 5.39. The summed E-state index contributed by atoms with van der Waals surface area (Å²) in [6.07, 6.45) is 1.92. The van der Waals surface area contributed by atoms with Crippen LogP contribution in [-0.2, 0) is 0 Å². The van der Waals surface area contributed by atoms with Gasteiger partial charge in [0.25, 0.3) is 5.91 Å². The van der Waals surface area contributed by atoms with Gasteiger partial charge >= 0.3 is 0 Å². The molecule has 1 amide bonds. The molecule has 0 radical (unpaired) electrons. The van der Waals surface area contributed by atoms with E-state index in [1.54, 1.807) is 12.1 Å². The summed E-state index contributed by atoms with van der Waals surface area (Å²) in [5, 5.41) is 3.83. The third kappa shape index (κ3) is 3.30. The van der Waals surface area contributed by atoms with Crippen LogP contribution >= 0.6 is 27.5 Å². The Hall–Kier alpha value is -0.580. The second kappa shape index (κ2) is 5.81. The monoisotopic (exact) mass is 344 g/mol. The fraction of sp³-hybridized carbons (Fsp3) is 0.500. The van der Waals surface area contributed by atoms with Gasteiger partial charge in [-0.15, -0.1) is 0 Å². The number of carbonyl (C=O) groups excluding carboxylic acids is 1. The van der Waals surface area contributed by atoms with E-state index in [4.69, 9.17) is 11.6 Å². The fourth-order valence-electron chi connectivity index (χ4n) is 2.29. The Bertz CT molecular complexity index is 484. The first kappa shape index (κ1) is 14.8. The Kier molecular flexibility index (Phi) is 4.54. The highest BCUT2D eigenvalue weighted by Gasteiger charge is 2.31. The average Bonchev–Trinajstić information content (AvgIpc) is 2.39. The predicted molar refractivity (Wildman–Crippen MR) is 81.8 cm³/mol. The largest absolute Gasteiger partial charge is 0.338 e. The second-order valence-corrected chi connectivity index (χ2v) is 6.55. The standard InChI is InChI=1S/C14H18BrClN2O/c1-14(17-2)5-7-18(8-6-14)13(19)11-4-3-10(15)9-12(11)16/h3-4,9,17H,5-8H2,1-2H3. The zero-order chi connectivity index (χ0) is 14.0. The van der Waals surface area contributed by atoms with Crippen LogP contribution in [0.3, 0.4) is 0 Å². The molecule has 0 unspecified atom stereocenters. The van der Waals surface area contributed by atoms with Gasteiger partial charge in [-0.3, -0.25) is 4.79 Å². The lowest BCUT2D eigenvalue weighted by Crippen LogP contribution is -2.51. The molecule has 0 spiro atoms. The first-order chi connectivity index (χ1) is 8.95. The quantitative estimate of drug-likeness (QED) is 0.892. The number of nitrogens with one attached hydrogen (secondary N) is 1. The molecule has 0 atom stereocenters. The molecule has 1 fully saturated rings. The summed E-state index contributed by atoms with van der Waals surface area (Å²) >= 11 is 9.49. The summed E-state index contributed by atoms with van der Waals surface area (Å²) < 4.78 is 0.885. The molecular formula is C14H18BrClN2O. The molecule has 1 aliphatic heterocycles. The number of likely N-dealkylation sites (tertiary alicyclic amines) is 1. The van der Waals surface area contributed by atoms with Crippen molar-refractivity contribution in [3.8, 4) is 0 Å². The van der Waals surface area contributed by atoms with Gasteiger partial charge in [0, 0.05) is 23.1 Å². The van der Waals surface area contributed by atoms with Crippen molar-refractivity contribution in [1.82, 2.24) is 10.2 Å². The maximum absolute atomic E-state index is 12.4. The summed E-state index contributed by atoms with van der Waals surface area (Å²) in [5.41, 5.74) is 0.721. The molecule has 0 bridgehead atoms. The van der Waals surface area contributed by atoms with Crippen LogP contribution < -0.4 is 5.32 Å². The maximum Gasteiger partial charge on any atom is 0.255 e. The Balaban J connectivity index is 2.09. The lowest BCUT2D eigenvalue weighted by Gasteiger charge is -2.39. The molecule has 19 heavy (non-hydrogen) atoms. The van der Waals surface area contributed by atoms with Gasteiger partial charge in [0.05, 0.1) is 10.6 Å². The Morgan fingerprint density at radius 3 is 2.58 bits per heavy atom. The number of rotatable bonds is 2. The minimum Gasteiger partial charge on any atom is -0.338 e. The summed E-state index contributed by atoms with van der Waals surface area (Å²) in [4.78, 5) is 14.3. The Morgan fingerprint density at radius 1 is 1.42 bits per heavy atom. The molecule has 1 saturated heterocycles. The number of piperidine rings is 1. The molecule has 0 aliphatic carbocycles. The highest BCUT2D eigenvalue weighted by molar-refractivity contribution is 9.10. The summed E-state index contributed by atoms with van der Waals surface area (Å²) in [6.45, 7) is 3.73. The van der Waals surface area contributed by atoms with Crippen molar-refractivity contribution in [2.45, 2.75) is 25.3 Å². The zero-order valence-electron chi connectivity index (χ0n) is 11.2. The number of hydrogen-bond donors (Lipinski definition) is 1. The van der Waals surface area contributed by atoms with E-state index in [2.05, 4.69) is 28.2 Å². The van der Waals surface area contributed by atoms with Crippen molar-refractivity contribution in [1.29, 1.82) is 0 Å². The highest BCUT2D eigenvalue weighted by Crippen LogP contribution is 2.26. The average molecular weight is 346 g/mol. The normalized spacial score (nSPS) is 18.4. The van der Waals surface area contributed by atoms with E-state index in [9.17, 15) is 4.79 Å². The molecule has 3 nitrogen and oxygen atoms in total. The Labute approximate surface area is 127 Å². The van der Waals surface area contributed by atoms with E-state index in [0.29, 0.717) is 10.6 Å². The topological polar surface area (TPSA) is 32.3 Å². The van der Waals surface area contributed by atoms with E-state index >= 15 is 0 Å². The smallest absolute Gasteiger partial charge is 0.255 e. The second-order valence-electron chi connectivity index (χ2n) is 5.23. The van der Waals surface area contributed by atoms with Gasteiger partial charge in [0.1, 0.15) is 0 Å². The molecule has 1 aromatic rings. The molecule has 0 saturated carbocycles. The molecule has 1 N–H and O–H groups in total. The van der Waals surface area contributed by atoms with Crippen molar-refractivity contribution in [3.05, 3.63) is 33.3 Å². The van der Waals surface area contributed by atoms with Crippen LogP contribution in [0, 0.1) is 0 Å². The van der Waals surface area contributed by atoms with E-state index in [-0.39, 0.29) is 11.4 Å². The van der Waals surface area contributed by atoms with Crippen molar-refractivity contribution in [3.63, 3.8) is 0 Å². The minimum absolute atomic E-state index is 0.0238. The van der Waals surface area contributed by atoms with Crippen molar-refractivity contribution >= 4 is 33.4 Å². The van der Waals surface area contributed by atoms with Gasteiger partial charge in [0.15, 0.2) is 0 Å². The number of nitrogens with zero attached hydrogens (tertiary/aromatic N) is 1. The third-order valence-corrected chi connectivity index (χ3v) is 4.73. The molecule has 0 aromatic heterocycles. The number of carbonyl (C=O) groups is 1. The predicted octanol–water partition coefficient (Wildman–Crippen LogP) is 3.32. The highest BCUT2D eigenvalue weighted by atomic mass is 79.9. The van der Waals surface area contributed by atoms with Crippen LogP contribution in [0.2, 0.25) is 5.02 Å². The number of benzene rings is 1. The molecule has 1 aromatic carbocycles. The van der Waals surface area contributed by atoms with Gasteiger partial charge in [-0.2, -0.15) is 0 Å². The van der Waals surface area contributed by atoms with Crippen molar-refractivity contribution < 1.29 is 4.79 Å². The first-order valence-corrected chi connectivity index (χ1v) is 7.55. The molecule has 2 rings (SSSR count). The van der Waals surface area contributed by atoms with Gasteiger partial charge < -0.3 is 10.2 Å². The molecule has 1 aliphatic rings. The van der Waals surface area contributed by atoms with Gasteiger partial charge in [-0.25, -0.2) is 0 Å². The van der Waals surface area contributed by atoms with E-state index < -0.39 is 0 Å². The number of hydrogen-bond acceptors (Lipinski definition) is 2. The van der Waals surface area contributed by atoms with E-state index in [1.807, 2.05) is 18.0 Å². The van der Waals surface area contributed by atoms with Crippen LogP contribution in [0.1, 0.15) is 30.1 Å². The van der Waals surface area contributed by atoms with E-state index in [1.165, 1.54) is 0 Å². The van der Waals surface area contributed by atoms with Gasteiger partial charge in [0.2, 0.25) is 0 Å². The molecular weight excluding hydrogens is 328 g/mol. The van der Waals surface area contributed by atoms with Crippen LogP contribution in [0.15, 0.2) is 22.7 Å². The van der Waals surface area contributed by atoms with Crippen molar-refractivity contribution in [2.75, 3.05) is 20.1 Å². The van der Waals surface area contributed by atoms with Crippen LogP contribution in [-0.4, -0.2) is 36.5 Å². The van der Waals surface area contributed by atoms with Gasteiger partial charge in [-0.05, 0) is 45.0 Å². The molecule has 5 heteroatoms. The summed E-state index contributed by atoms with van der Waals surface area (Å²) in [7, 11) is 1.98. The molecule has 1 heterocycles. The minimum atomic E-state index is 0.0238. The maximum atomic E-state index is 12.4. The number of halogens is 2. The summed E-state index contributed by atoms with van der Waals surface area (Å²) in [5.74, 6) is 0.0238. The third-order valence-electron chi connectivity index (χ3n) is 3.92. The van der Waals surface area contributed by atoms with E-state index in [0.717, 1.165) is 30.4 Å². The van der Waals surface area contributed by atoms with Crippen LogP contribution in [0.5, 0.6) is 0 Å². The van der Waals surface area contributed by atoms with Crippen LogP contribution in [0.25, 0.3) is 0 Å². The lowest BCUT2D eigenvalue weighted by molar-refractivity contribution is 0.0662. The first-order valence-electron chi connectivity index (χ1n) is 6.38.